The Kier molecular flexibility index (Phi) is 8.74. The fraction of sp³-hybridized carbons (Fsp3) is 0.457. The quantitative estimate of drug-likeness (QED) is 0.267. The van der Waals surface area contributed by atoms with E-state index in [1.807, 2.05) is 69.3 Å². The van der Waals surface area contributed by atoms with Crippen LogP contribution >= 0.6 is 0 Å². The number of nitrogens with one attached hydrogen (secondary N) is 1. The van der Waals surface area contributed by atoms with E-state index in [0.717, 1.165) is 53.7 Å². The van der Waals surface area contributed by atoms with Crippen molar-refractivity contribution < 1.29 is 33.3 Å². The van der Waals surface area contributed by atoms with Gasteiger partial charge in [0.2, 0.25) is 0 Å². The number of carbonyl (C=O) groups is 2. The van der Waals surface area contributed by atoms with Crippen molar-refractivity contribution in [3.8, 4) is 28.5 Å². The molecule has 1 saturated heterocycles. The van der Waals surface area contributed by atoms with E-state index in [1.165, 1.54) is 0 Å². The second kappa shape index (κ2) is 12.9. The Balaban J connectivity index is 1.37. The number of pyridine rings is 1. The van der Waals surface area contributed by atoms with Gasteiger partial charge in [0, 0.05) is 24.6 Å². The molecule has 1 aliphatic carbocycles. The van der Waals surface area contributed by atoms with Crippen molar-refractivity contribution in [2.45, 2.75) is 71.2 Å². The lowest BCUT2D eigenvalue weighted by molar-refractivity contribution is 0.0198. The van der Waals surface area contributed by atoms with E-state index in [4.69, 9.17) is 28.7 Å². The third-order valence-electron chi connectivity index (χ3n) is 8.21. The number of fused-ring (bicyclic) bond motifs is 1. The van der Waals surface area contributed by atoms with Crippen molar-refractivity contribution in [3.63, 3.8) is 0 Å². The molecule has 10 heteroatoms. The number of amides is 2. The second-order valence-corrected chi connectivity index (χ2v) is 12.9. The average molecular weight is 616 g/mol. The number of methoxy groups -OCH3 is 1. The minimum absolute atomic E-state index is 0.0106. The molecule has 0 unspecified atom stereocenters. The van der Waals surface area contributed by atoms with Crippen LogP contribution in [-0.2, 0) is 22.7 Å². The van der Waals surface area contributed by atoms with Crippen molar-refractivity contribution in [1.82, 2.24) is 9.88 Å². The summed E-state index contributed by atoms with van der Waals surface area (Å²) in [5.41, 5.74) is 3.52. The zero-order valence-electron chi connectivity index (χ0n) is 26.4. The topological polar surface area (TPSA) is 108 Å². The number of carbonyl (C=O) groups excluding carboxylic acids is 2. The molecule has 2 aromatic carbocycles. The van der Waals surface area contributed by atoms with E-state index in [9.17, 15) is 9.59 Å². The molecule has 0 bridgehead atoms. The van der Waals surface area contributed by atoms with Crippen LogP contribution in [0.4, 0.5) is 15.4 Å². The van der Waals surface area contributed by atoms with Gasteiger partial charge in [0.15, 0.2) is 0 Å². The molecule has 1 N–H and O–H groups in total. The molecular weight excluding hydrogens is 574 g/mol. The Labute approximate surface area is 264 Å². The first-order valence-corrected chi connectivity index (χ1v) is 15.6. The highest BCUT2D eigenvalue weighted by atomic mass is 16.6. The third-order valence-corrected chi connectivity index (χ3v) is 8.21. The van der Waals surface area contributed by atoms with Gasteiger partial charge >= 0.3 is 12.2 Å². The number of piperidine rings is 1. The van der Waals surface area contributed by atoms with Crippen molar-refractivity contribution in [2.75, 3.05) is 32.1 Å². The van der Waals surface area contributed by atoms with Crippen LogP contribution in [0.3, 0.4) is 0 Å². The van der Waals surface area contributed by atoms with E-state index in [1.54, 1.807) is 12.0 Å². The number of nitrogens with zero attached hydrogens (tertiary/aromatic N) is 2. The number of anilines is 1. The lowest BCUT2D eigenvalue weighted by Crippen LogP contribution is -2.42. The zero-order chi connectivity index (χ0) is 31.6. The first-order valence-electron chi connectivity index (χ1n) is 15.6. The van der Waals surface area contributed by atoms with E-state index in [0.29, 0.717) is 55.2 Å². The first-order chi connectivity index (χ1) is 21.7. The summed E-state index contributed by atoms with van der Waals surface area (Å²) in [7, 11) is 1.64. The molecule has 2 fully saturated rings. The summed E-state index contributed by atoms with van der Waals surface area (Å²) in [6, 6.07) is 15.6. The standard InChI is InChI=1S/C35H41N3O7/c1-35(2,3)45-34(40)38-16-6-7-24(18-38)26-17-28(36-32-27(26)21-44-33(39)37-32)31-29(42-19-22-10-11-22)8-5-9-30(31)43-20-23-12-14-25(41-4)15-13-23/h5,8-9,12-15,17,22,24H,6-7,10-11,16,18-21H2,1-4H3,(H,36,37,39)/t24-/m0/s1. The van der Waals surface area contributed by atoms with Crippen molar-refractivity contribution in [3.05, 3.63) is 65.2 Å². The van der Waals surface area contributed by atoms with Gasteiger partial charge in [-0.05, 0) is 93.8 Å². The summed E-state index contributed by atoms with van der Waals surface area (Å²) in [5, 5.41) is 2.81. The molecular formula is C35H41N3O7. The van der Waals surface area contributed by atoms with Crippen molar-refractivity contribution >= 4 is 18.0 Å². The largest absolute Gasteiger partial charge is 0.497 e. The van der Waals surface area contributed by atoms with Gasteiger partial charge in [-0.1, -0.05) is 18.2 Å². The predicted molar refractivity (Wildman–Crippen MR) is 169 cm³/mol. The summed E-state index contributed by atoms with van der Waals surface area (Å²) in [6.45, 7) is 7.77. The van der Waals surface area contributed by atoms with Crippen molar-refractivity contribution in [1.29, 1.82) is 0 Å². The Morgan fingerprint density at radius 3 is 2.53 bits per heavy atom. The molecule has 0 spiro atoms. The van der Waals surface area contributed by atoms with E-state index < -0.39 is 11.7 Å². The summed E-state index contributed by atoms with van der Waals surface area (Å²) in [5.74, 6) is 3.06. The molecule has 45 heavy (non-hydrogen) atoms. The lowest BCUT2D eigenvalue weighted by atomic mass is 9.87. The smallest absolute Gasteiger partial charge is 0.413 e. The van der Waals surface area contributed by atoms with Gasteiger partial charge in [-0.15, -0.1) is 0 Å². The van der Waals surface area contributed by atoms with Crippen LogP contribution in [0.5, 0.6) is 17.2 Å². The highest BCUT2D eigenvalue weighted by molar-refractivity contribution is 5.88. The van der Waals surface area contributed by atoms with E-state index in [-0.39, 0.29) is 18.6 Å². The fourth-order valence-electron chi connectivity index (χ4n) is 5.71. The Morgan fingerprint density at radius 2 is 1.82 bits per heavy atom. The second-order valence-electron chi connectivity index (χ2n) is 12.9. The molecule has 2 aliphatic heterocycles. The Bertz CT molecular complexity index is 1550. The van der Waals surface area contributed by atoms with Crippen LogP contribution in [0, 0.1) is 5.92 Å². The monoisotopic (exact) mass is 615 g/mol. The molecule has 10 nitrogen and oxygen atoms in total. The maximum atomic E-state index is 13.0. The van der Waals surface area contributed by atoms with Gasteiger partial charge in [-0.25, -0.2) is 14.6 Å². The molecule has 1 aromatic heterocycles. The van der Waals surface area contributed by atoms with Gasteiger partial charge in [-0.2, -0.15) is 0 Å². The molecule has 3 aliphatic rings. The first kappa shape index (κ1) is 30.6. The number of likely N-dealkylation sites (tertiary alicyclic amines) is 1. The van der Waals surface area contributed by atoms with Gasteiger partial charge in [0.25, 0.3) is 0 Å². The maximum Gasteiger partial charge on any atom is 0.413 e. The summed E-state index contributed by atoms with van der Waals surface area (Å²) in [6.07, 6.45) is 3.13. The molecule has 3 heterocycles. The van der Waals surface area contributed by atoms with E-state index >= 15 is 0 Å². The minimum atomic E-state index is -0.586. The number of rotatable bonds is 9. The van der Waals surface area contributed by atoms with Crippen LogP contribution in [0.25, 0.3) is 11.3 Å². The number of benzene rings is 2. The van der Waals surface area contributed by atoms with Crippen molar-refractivity contribution in [2.24, 2.45) is 5.92 Å². The number of ether oxygens (including phenoxy) is 5. The molecule has 1 atom stereocenters. The van der Waals surface area contributed by atoms with Gasteiger partial charge < -0.3 is 28.6 Å². The number of hydrogen-bond donors (Lipinski definition) is 1. The molecule has 2 amide bonds. The predicted octanol–water partition coefficient (Wildman–Crippen LogP) is 7.30. The Morgan fingerprint density at radius 1 is 1.07 bits per heavy atom. The van der Waals surface area contributed by atoms with Crippen LogP contribution < -0.4 is 19.5 Å². The van der Waals surface area contributed by atoms with Gasteiger partial charge in [0.1, 0.15) is 41.9 Å². The average Bonchev–Trinajstić information content (AvgIpc) is 3.86. The highest BCUT2D eigenvalue weighted by Crippen LogP contribution is 2.43. The molecule has 1 saturated carbocycles. The van der Waals surface area contributed by atoms with Gasteiger partial charge in [0.05, 0.1) is 25.0 Å². The number of cyclic esters (lactones) is 1. The summed E-state index contributed by atoms with van der Waals surface area (Å²) >= 11 is 0. The zero-order valence-corrected chi connectivity index (χ0v) is 26.4. The van der Waals surface area contributed by atoms with E-state index in [2.05, 4.69) is 5.32 Å². The number of aromatic nitrogens is 1. The van der Waals surface area contributed by atoms with Crippen LogP contribution in [0.15, 0.2) is 48.5 Å². The fourth-order valence-corrected chi connectivity index (χ4v) is 5.71. The van der Waals surface area contributed by atoms with Crippen LogP contribution in [-0.4, -0.2) is 54.5 Å². The normalized spacial score (nSPS) is 17.9. The van der Waals surface area contributed by atoms with Crippen LogP contribution in [0.2, 0.25) is 0 Å². The third kappa shape index (κ3) is 7.44. The molecule has 6 rings (SSSR count). The summed E-state index contributed by atoms with van der Waals surface area (Å²) < 4.78 is 29.2. The van der Waals surface area contributed by atoms with Crippen LogP contribution in [0.1, 0.15) is 69.1 Å². The maximum absolute atomic E-state index is 13.0. The lowest BCUT2D eigenvalue weighted by Gasteiger charge is -2.35. The summed E-state index contributed by atoms with van der Waals surface area (Å²) in [4.78, 5) is 32.1. The SMILES string of the molecule is COc1ccc(COc2cccc(OCC3CC3)c2-c2cc([C@H]3CCCN(C(=O)OC(C)(C)C)C3)c3c(n2)NC(=O)OC3)cc1. The molecule has 3 aromatic rings. The Hall–Kier alpha value is -4.47. The minimum Gasteiger partial charge on any atom is -0.497 e. The highest BCUT2D eigenvalue weighted by Gasteiger charge is 2.33. The van der Waals surface area contributed by atoms with Gasteiger partial charge in [-0.3, -0.25) is 5.32 Å². The number of hydrogen-bond acceptors (Lipinski definition) is 8. The molecule has 238 valence electrons. The molecule has 0 radical (unpaired) electrons.